The Kier molecular flexibility index (Phi) is 8.74. The Morgan fingerprint density at radius 2 is 2.05 bits per heavy atom. The maximum atomic E-state index is 11.7. The number of carboxylic acids is 1. The number of carboxylic acid groups (broad SMARTS) is 1. The lowest BCUT2D eigenvalue weighted by atomic mass is 10.0. The first kappa shape index (κ1) is 17.7. The smallest absolute Gasteiger partial charge is 0.320 e. The van der Waals surface area contributed by atoms with Crippen LogP contribution >= 0.6 is 0 Å². The fraction of sp³-hybridized carbons (Fsp3) is 0.750. The van der Waals surface area contributed by atoms with Gasteiger partial charge in [-0.05, 0) is 44.6 Å². The van der Waals surface area contributed by atoms with Gasteiger partial charge in [0.1, 0.15) is 12.1 Å². The van der Waals surface area contributed by atoms with Crippen molar-refractivity contribution in [3.8, 4) is 0 Å². The summed E-state index contributed by atoms with van der Waals surface area (Å²) in [6, 6.07) is -0.794. The number of nitrogens with two attached hydrogens (primary N) is 1. The van der Waals surface area contributed by atoms with Crippen LogP contribution in [0.5, 0.6) is 0 Å². The van der Waals surface area contributed by atoms with E-state index in [1.807, 2.05) is 6.08 Å². The molecule has 0 saturated carbocycles. The SMILES string of the molecule is N[C@@H](CCCCCC(=O)OC1/C=C/CCCCC1)C(=O)O. The van der Waals surface area contributed by atoms with Crippen molar-refractivity contribution in [1.82, 2.24) is 0 Å². The molecule has 1 aliphatic carbocycles. The van der Waals surface area contributed by atoms with Gasteiger partial charge in [-0.25, -0.2) is 0 Å². The summed E-state index contributed by atoms with van der Waals surface area (Å²) in [5, 5.41) is 8.65. The van der Waals surface area contributed by atoms with Gasteiger partial charge in [-0.3, -0.25) is 9.59 Å². The average Bonchev–Trinajstić information content (AvgIpc) is 2.41. The van der Waals surface area contributed by atoms with Gasteiger partial charge in [0, 0.05) is 6.42 Å². The topological polar surface area (TPSA) is 89.6 Å². The fourth-order valence-corrected chi connectivity index (χ4v) is 2.39. The third-order valence-electron chi connectivity index (χ3n) is 3.71. The second kappa shape index (κ2) is 10.4. The molecule has 0 amide bonds. The predicted molar refractivity (Wildman–Crippen MR) is 80.8 cm³/mol. The van der Waals surface area contributed by atoms with E-state index in [0.29, 0.717) is 12.8 Å². The molecule has 0 aromatic rings. The number of carbonyl (C=O) groups excluding carboxylic acids is 1. The summed E-state index contributed by atoms with van der Waals surface area (Å²) in [5.74, 6) is -1.13. The first-order valence-electron chi connectivity index (χ1n) is 7.94. The lowest BCUT2D eigenvalue weighted by molar-refractivity contribution is -0.147. The third-order valence-corrected chi connectivity index (χ3v) is 3.71. The van der Waals surface area contributed by atoms with Crippen LogP contribution in [0.25, 0.3) is 0 Å². The van der Waals surface area contributed by atoms with Crippen LogP contribution < -0.4 is 5.73 Å². The molecule has 1 aliphatic rings. The molecule has 0 aliphatic heterocycles. The second-order valence-corrected chi connectivity index (χ2v) is 5.64. The summed E-state index contributed by atoms with van der Waals surface area (Å²) >= 11 is 0. The Morgan fingerprint density at radius 3 is 2.81 bits per heavy atom. The number of carbonyl (C=O) groups is 2. The number of hydrogen-bond donors (Lipinski definition) is 2. The van der Waals surface area contributed by atoms with Crippen molar-refractivity contribution in [2.45, 2.75) is 76.4 Å². The Balaban J connectivity index is 2.10. The molecule has 0 fully saturated rings. The van der Waals surface area contributed by atoms with Crippen molar-refractivity contribution >= 4 is 11.9 Å². The van der Waals surface area contributed by atoms with E-state index in [4.69, 9.17) is 15.6 Å². The maximum Gasteiger partial charge on any atom is 0.320 e. The molecule has 1 rings (SSSR count). The lowest BCUT2D eigenvalue weighted by Crippen LogP contribution is -2.29. The minimum Gasteiger partial charge on any atom is -0.480 e. The van der Waals surface area contributed by atoms with Crippen LogP contribution in [0.15, 0.2) is 12.2 Å². The largest absolute Gasteiger partial charge is 0.480 e. The van der Waals surface area contributed by atoms with Crippen molar-refractivity contribution in [3.63, 3.8) is 0 Å². The highest BCUT2D eigenvalue weighted by Crippen LogP contribution is 2.15. The monoisotopic (exact) mass is 297 g/mol. The maximum absolute atomic E-state index is 11.7. The van der Waals surface area contributed by atoms with Gasteiger partial charge in [0.15, 0.2) is 0 Å². The zero-order valence-corrected chi connectivity index (χ0v) is 12.6. The molecule has 3 N–H and O–H groups in total. The molecule has 0 spiro atoms. The van der Waals surface area contributed by atoms with Crippen LogP contribution in [0.1, 0.15) is 64.2 Å². The van der Waals surface area contributed by atoms with Gasteiger partial charge in [0.25, 0.3) is 0 Å². The van der Waals surface area contributed by atoms with Crippen molar-refractivity contribution in [2.75, 3.05) is 0 Å². The number of esters is 1. The summed E-state index contributed by atoms with van der Waals surface area (Å²) in [5.41, 5.74) is 5.41. The van der Waals surface area contributed by atoms with Crippen LogP contribution in [-0.4, -0.2) is 29.2 Å². The van der Waals surface area contributed by atoms with E-state index in [-0.39, 0.29) is 12.1 Å². The highest BCUT2D eigenvalue weighted by molar-refractivity contribution is 5.73. The molecule has 0 radical (unpaired) electrons. The number of rotatable bonds is 8. The van der Waals surface area contributed by atoms with Gasteiger partial charge in [-0.15, -0.1) is 0 Å². The first-order chi connectivity index (χ1) is 10.1. The van der Waals surface area contributed by atoms with Crippen molar-refractivity contribution in [1.29, 1.82) is 0 Å². The summed E-state index contributed by atoms with van der Waals surface area (Å²) in [6.45, 7) is 0. The Bertz CT molecular complexity index is 354. The fourth-order valence-electron chi connectivity index (χ4n) is 2.39. The molecule has 1 unspecified atom stereocenters. The van der Waals surface area contributed by atoms with Crippen LogP contribution in [0.4, 0.5) is 0 Å². The lowest BCUT2D eigenvalue weighted by Gasteiger charge is -2.16. The molecule has 0 saturated heterocycles. The first-order valence-corrected chi connectivity index (χ1v) is 7.94. The number of ether oxygens (including phenoxy) is 1. The van der Waals surface area contributed by atoms with Gasteiger partial charge in [-0.1, -0.05) is 25.3 Å². The van der Waals surface area contributed by atoms with Crippen LogP contribution in [0.3, 0.4) is 0 Å². The summed E-state index contributed by atoms with van der Waals surface area (Å²) in [7, 11) is 0. The molecule has 5 heteroatoms. The Morgan fingerprint density at radius 1 is 1.24 bits per heavy atom. The average molecular weight is 297 g/mol. The highest BCUT2D eigenvalue weighted by Gasteiger charge is 2.13. The molecule has 2 atom stereocenters. The standard InChI is InChI=1S/C16H27NO4/c17-14(16(19)20)11-7-4-8-12-15(18)21-13-9-5-2-1-3-6-10-13/h5,9,13-14H,1-4,6-8,10-12,17H2,(H,19,20)/b9-5+/t13?,14-/m0/s1. The van der Waals surface area contributed by atoms with Crippen LogP contribution in [-0.2, 0) is 14.3 Å². The number of aliphatic carboxylic acids is 1. The molecule has 0 heterocycles. The summed E-state index contributed by atoms with van der Waals surface area (Å²) in [6.07, 6.45) is 12.6. The quantitative estimate of drug-likeness (QED) is 0.408. The molecular formula is C16H27NO4. The summed E-state index contributed by atoms with van der Waals surface area (Å²) in [4.78, 5) is 22.3. The minimum absolute atomic E-state index is 0.0711. The molecule has 0 aromatic carbocycles. The highest BCUT2D eigenvalue weighted by atomic mass is 16.5. The molecule has 5 nitrogen and oxygen atoms in total. The van der Waals surface area contributed by atoms with E-state index < -0.39 is 12.0 Å². The predicted octanol–water partition coefficient (Wildman–Crippen LogP) is 2.78. The van der Waals surface area contributed by atoms with Gasteiger partial charge >= 0.3 is 11.9 Å². The van der Waals surface area contributed by atoms with E-state index in [0.717, 1.165) is 38.5 Å². The molecule has 120 valence electrons. The molecule has 0 bridgehead atoms. The third kappa shape index (κ3) is 8.50. The van der Waals surface area contributed by atoms with Crippen molar-refractivity contribution in [3.05, 3.63) is 12.2 Å². The van der Waals surface area contributed by atoms with Gasteiger partial charge in [-0.2, -0.15) is 0 Å². The van der Waals surface area contributed by atoms with Crippen LogP contribution in [0, 0.1) is 0 Å². The van der Waals surface area contributed by atoms with Gasteiger partial charge < -0.3 is 15.6 Å². The van der Waals surface area contributed by atoms with Crippen LogP contribution in [0.2, 0.25) is 0 Å². The second-order valence-electron chi connectivity index (χ2n) is 5.64. The minimum atomic E-state index is -0.967. The molecular weight excluding hydrogens is 270 g/mol. The van der Waals surface area contributed by atoms with E-state index in [9.17, 15) is 9.59 Å². The number of unbranched alkanes of at least 4 members (excludes halogenated alkanes) is 2. The normalized spacial score (nSPS) is 21.9. The van der Waals surface area contributed by atoms with Gasteiger partial charge in [0.05, 0.1) is 0 Å². The molecule has 21 heavy (non-hydrogen) atoms. The Hall–Kier alpha value is -1.36. The van der Waals surface area contributed by atoms with E-state index in [2.05, 4.69) is 6.08 Å². The number of hydrogen-bond acceptors (Lipinski definition) is 4. The van der Waals surface area contributed by atoms with E-state index in [1.54, 1.807) is 0 Å². The summed E-state index contributed by atoms with van der Waals surface area (Å²) < 4.78 is 5.45. The zero-order valence-electron chi connectivity index (χ0n) is 12.6. The van der Waals surface area contributed by atoms with Crippen molar-refractivity contribution < 1.29 is 19.4 Å². The van der Waals surface area contributed by atoms with E-state index >= 15 is 0 Å². The Labute approximate surface area is 126 Å². The van der Waals surface area contributed by atoms with Crippen molar-refractivity contribution in [2.24, 2.45) is 5.73 Å². The number of allylic oxidation sites excluding steroid dienone is 1. The molecule has 0 aromatic heterocycles. The van der Waals surface area contributed by atoms with Gasteiger partial charge in [0.2, 0.25) is 0 Å². The van der Waals surface area contributed by atoms with E-state index in [1.165, 1.54) is 12.8 Å². The zero-order chi connectivity index (χ0) is 15.5.